The zero-order valence-corrected chi connectivity index (χ0v) is 19.1. The Labute approximate surface area is 191 Å². The molecule has 1 unspecified atom stereocenters. The lowest BCUT2D eigenvalue weighted by molar-refractivity contribution is -0.102. The molecule has 1 atom stereocenters. The molecule has 4 rings (SSSR count). The predicted octanol–water partition coefficient (Wildman–Crippen LogP) is 5.93. The zero-order valence-electron chi connectivity index (χ0n) is 17.6. The quantitative estimate of drug-likeness (QED) is 0.574. The molecule has 0 bridgehead atoms. The van der Waals surface area contributed by atoms with Gasteiger partial charge < -0.3 is 9.84 Å². The third kappa shape index (κ3) is 5.23. The molecule has 0 spiro atoms. The highest BCUT2D eigenvalue weighted by atomic mass is 35.5. The summed E-state index contributed by atoms with van der Waals surface area (Å²) in [5.41, 5.74) is 1.78. The summed E-state index contributed by atoms with van der Waals surface area (Å²) in [5, 5.41) is 10.6. The minimum atomic E-state index is -1.22. The Morgan fingerprint density at radius 1 is 1.19 bits per heavy atom. The van der Waals surface area contributed by atoms with E-state index in [-0.39, 0.29) is 17.2 Å². The van der Waals surface area contributed by atoms with E-state index >= 15 is 4.39 Å². The van der Waals surface area contributed by atoms with Gasteiger partial charge in [-0.15, -0.1) is 0 Å². The van der Waals surface area contributed by atoms with Crippen LogP contribution in [0.2, 0.25) is 10.0 Å². The van der Waals surface area contributed by atoms with E-state index in [0.29, 0.717) is 47.6 Å². The fourth-order valence-electron chi connectivity index (χ4n) is 4.19. The van der Waals surface area contributed by atoms with Crippen molar-refractivity contribution in [1.82, 2.24) is 4.90 Å². The second-order valence-corrected chi connectivity index (χ2v) is 10.1. The lowest BCUT2D eigenvalue weighted by Gasteiger charge is -2.45. The molecular formula is C24H26Cl2FNO3. The van der Waals surface area contributed by atoms with Crippen molar-refractivity contribution in [3.8, 4) is 0 Å². The molecular weight excluding hydrogens is 440 g/mol. The van der Waals surface area contributed by atoms with Gasteiger partial charge in [0.15, 0.2) is 0 Å². The van der Waals surface area contributed by atoms with Gasteiger partial charge in [-0.1, -0.05) is 29.3 Å². The summed E-state index contributed by atoms with van der Waals surface area (Å²) >= 11 is 12.3. The number of halogens is 3. The van der Waals surface area contributed by atoms with Crippen LogP contribution in [-0.4, -0.2) is 40.8 Å². The highest BCUT2D eigenvalue weighted by molar-refractivity contribution is 6.34. The third-order valence-corrected chi connectivity index (χ3v) is 6.59. The summed E-state index contributed by atoms with van der Waals surface area (Å²) in [6, 6.07) is 8.78. The van der Waals surface area contributed by atoms with Crippen LogP contribution in [0.5, 0.6) is 0 Å². The normalized spacial score (nSPS) is 21.3. The molecule has 7 heteroatoms. The number of rotatable bonds is 6. The monoisotopic (exact) mass is 465 g/mol. The minimum absolute atomic E-state index is 0.101. The van der Waals surface area contributed by atoms with E-state index in [4.69, 9.17) is 27.9 Å². The summed E-state index contributed by atoms with van der Waals surface area (Å²) in [6.07, 6.45) is 2.59. The molecule has 31 heavy (non-hydrogen) atoms. The van der Waals surface area contributed by atoms with Crippen LogP contribution >= 0.6 is 23.2 Å². The lowest BCUT2D eigenvalue weighted by Crippen LogP contribution is -2.56. The van der Waals surface area contributed by atoms with Crippen LogP contribution in [0, 0.1) is 5.82 Å². The van der Waals surface area contributed by atoms with Crippen LogP contribution in [0.25, 0.3) is 0 Å². The Morgan fingerprint density at radius 2 is 1.87 bits per heavy atom. The number of carboxylic acids is 1. The van der Waals surface area contributed by atoms with E-state index in [9.17, 15) is 9.90 Å². The first-order valence-electron chi connectivity index (χ1n) is 10.5. The zero-order chi connectivity index (χ0) is 22.3. The van der Waals surface area contributed by atoms with Gasteiger partial charge in [0.25, 0.3) is 0 Å². The minimum Gasteiger partial charge on any atom is -0.478 e. The SMILES string of the molecule is CC1(C)COC(Cc2cc(Cl)cc(Cl)c2)CN1Cc1cc(C2CC2)cc(C(=O)O)c1F. The van der Waals surface area contributed by atoms with Crippen LogP contribution in [0.1, 0.15) is 59.7 Å². The maximum absolute atomic E-state index is 15.1. The van der Waals surface area contributed by atoms with Crippen molar-refractivity contribution in [2.45, 2.75) is 57.2 Å². The molecule has 2 fully saturated rings. The van der Waals surface area contributed by atoms with Gasteiger partial charge in [0.1, 0.15) is 5.82 Å². The second-order valence-electron chi connectivity index (χ2n) is 9.23. The Kier molecular flexibility index (Phi) is 6.32. The van der Waals surface area contributed by atoms with Gasteiger partial charge in [0, 0.05) is 34.2 Å². The number of benzene rings is 2. The number of ether oxygens (including phenoxy) is 1. The smallest absolute Gasteiger partial charge is 0.338 e. The second kappa shape index (κ2) is 8.70. The van der Waals surface area contributed by atoms with Crippen molar-refractivity contribution in [1.29, 1.82) is 0 Å². The van der Waals surface area contributed by atoms with E-state index in [0.717, 1.165) is 24.0 Å². The van der Waals surface area contributed by atoms with E-state index in [1.54, 1.807) is 6.07 Å². The largest absolute Gasteiger partial charge is 0.478 e. The molecule has 166 valence electrons. The third-order valence-electron chi connectivity index (χ3n) is 6.15. The topological polar surface area (TPSA) is 49.8 Å². The standard InChI is InChI=1S/C24H26Cl2FNO3/c1-24(2)13-31-20(7-14-5-18(25)10-19(26)6-14)12-28(24)11-17-8-16(15-3-4-15)9-21(22(17)27)23(29)30/h5-6,8-10,15,20H,3-4,7,11-13H2,1-2H3,(H,29,30). The molecule has 0 amide bonds. The lowest BCUT2D eigenvalue weighted by atomic mass is 9.95. The molecule has 4 nitrogen and oxygen atoms in total. The van der Waals surface area contributed by atoms with Crippen LogP contribution in [0.4, 0.5) is 4.39 Å². The van der Waals surface area contributed by atoms with Crippen molar-refractivity contribution in [2.24, 2.45) is 0 Å². The molecule has 2 aliphatic rings. The van der Waals surface area contributed by atoms with E-state index in [1.165, 1.54) is 6.07 Å². The molecule has 1 aliphatic heterocycles. The van der Waals surface area contributed by atoms with E-state index in [2.05, 4.69) is 18.7 Å². The molecule has 2 aromatic carbocycles. The molecule has 0 radical (unpaired) electrons. The van der Waals surface area contributed by atoms with Gasteiger partial charge >= 0.3 is 5.97 Å². The highest BCUT2D eigenvalue weighted by Gasteiger charge is 2.36. The number of nitrogens with zero attached hydrogens (tertiary/aromatic N) is 1. The average Bonchev–Trinajstić information content (AvgIpc) is 3.50. The Bertz CT molecular complexity index is 986. The molecule has 1 saturated carbocycles. The summed E-state index contributed by atoms with van der Waals surface area (Å²) in [4.78, 5) is 13.8. The van der Waals surface area contributed by atoms with Gasteiger partial charge in [0.2, 0.25) is 0 Å². The van der Waals surface area contributed by atoms with E-state index in [1.807, 2.05) is 18.2 Å². The van der Waals surface area contributed by atoms with Gasteiger partial charge in [-0.25, -0.2) is 9.18 Å². The Balaban J connectivity index is 1.56. The Morgan fingerprint density at radius 3 is 2.48 bits per heavy atom. The fraction of sp³-hybridized carbons (Fsp3) is 0.458. The highest BCUT2D eigenvalue weighted by Crippen LogP contribution is 2.41. The van der Waals surface area contributed by atoms with Gasteiger partial charge in [-0.05, 0) is 74.4 Å². The number of morpholine rings is 1. The summed E-state index contributed by atoms with van der Waals surface area (Å²) < 4.78 is 21.2. The predicted molar refractivity (Wildman–Crippen MR) is 120 cm³/mol. The summed E-state index contributed by atoms with van der Waals surface area (Å²) in [6.45, 7) is 5.52. The maximum atomic E-state index is 15.1. The number of carbonyl (C=O) groups is 1. The Hall–Kier alpha value is -1.66. The van der Waals surface area contributed by atoms with Gasteiger partial charge in [0.05, 0.1) is 18.3 Å². The van der Waals surface area contributed by atoms with Crippen LogP contribution in [0.3, 0.4) is 0 Å². The first-order valence-corrected chi connectivity index (χ1v) is 11.3. The summed E-state index contributed by atoms with van der Waals surface area (Å²) in [5.74, 6) is -1.52. The number of carboxylic acid groups (broad SMARTS) is 1. The van der Waals surface area contributed by atoms with Crippen molar-refractivity contribution < 1.29 is 19.0 Å². The van der Waals surface area contributed by atoms with Crippen LogP contribution in [0.15, 0.2) is 30.3 Å². The number of hydrogen-bond donors (Lipinski definition) is 1. The number of hydrogen-bond acceptors (Lipinski definition) is 3. The van der Waals surface area contributed by atoms with Gasteiger partial charge in [-0.2, -0.15) is 0 Å². The van der Waals surface area contributed by atoms with Crippen molar-refractivity contribution in [3.05, 3.63) is 68.4 Å². The molecule has 2 aromatic rings. The first-order chi connectivity index (χ1) is 14.6. The summed E-state index contributed by atoms with van der Waals surface area (Å²) in [7, 11) is 0. The first kappa shape index (κ1) is 22.5. The van der Waals surface area contributed by atoms with Gasteiger partial charge in [-0.3, -0.25) is 4.90 Å². The molecule has 1 aliphatic carbocycles. The van der Waals surface area contributed by atoms with Crippen LogP contribution < -0.4 is 0 Å². The van der Waals surface area contributed by atoms with Crippen molar-refractivity contribution in [3.63, 3.8) is 0 Å². The maximum Gasteiger partial charge on any atom is 0.338 e. The molecule has 1 saturated heterocycles. The van der Waals surface area contributed by atoms with Crippen LogP contribution in [-0.2, 0) is 17.7 Å². The van der Waals surface area contributed by atoms with Crippen molar-refractivity contribution >= 4 is 29.2 Å². The average molecular weight is 466 g/mol. The fourth-order valence-corrected chi connectivity index (χ4v) is 4.76. The number of aromatic carboxylic acids is 1. The molecule has 1 heterocycles. The van der Waals surface area contributed by atoms with Crippen molar-refractivity contribution in [2.75, 3.05) is 13.2 Å². The molecule has 1 N–H and O–H groups in total. The van der Waals surface area contributed by atoms with E-state index < -0.39 is 11.8 Å². The molecule has 0 aromatic heterocycles.